The summed E-state index contributed by atoms with van der Waals surface area (Å²) < 4.78 is 47.7. The first kappa shape index (κ1) is 28.0. The maximum atomic E-state index is 12.0. The van der Waals surface area contributed by atoms with Gasteiger partial charge in [0.2, 0.25) is 0 Å². The van der Waals surface area contributed by atoms with Gasteiger partial charge in [0, 0.05) is 38.2 Å². The SMILES string of the molecule is FC1=CCC=C1.FC1=C[C-](F)CC(F)=C1.[Cl-].[Cl-].[Hf].c1ccncc1. The summed E-state index contributed by atoms with van der Waals surface area (Å²) in [6, 6.07) is 5.72. The molecule has 24 heavy (non-hydrogen) atoms. The molecule has 8 heteroatoms. The van der Waals surface area contributed by atoms with E-state index < -0.39 is 24.2 Å². The molecule has 1 heterocycles. The first-order valence-corrected chi connectivity index (χ1v) is 6.19. The summed E-state index contributed by atoms with van der Waals surface area (Å²) in [5.74, 6) is -1.74. The summed E-state index contributed by atoms with van der Waals surface area (Å²) in [6.07, 6.45) is 9.23. The molecule has 0 N–H and O–H groups in total. The van der Waals surface area contributed by atoms with E-state index in [1.165, 1.54) is 6.08 Å². The van der Waals surface area contributed by atoms with E-state index in [0.29, 0.717) is 12.2 Å². The molecule has 132 valence electrons. The van der Waals surface area contributed by atoms with E-state index in [1.807, 2.05) is 18.2 Å². The topological polar surface area (TPSA) is 12.9 Å². The van der Waals surface area contributed by atoms with Crippen molar-refractivity contribution in [3.63, 3.8) is 0 Å². The fourth-order valence-corrected chi connectivity index (χ4v) is 1.35. The van der Waals surface area contributed by atoms with Crippen molar-refractivity contribution in [2.45, 2.75) is 12.8 Å². The number of hydrogen-bond donors (Lipinski definition) is 0. The van der Waals surface area contributed by atoms with E-state index in [2.05, 4.69) is 4.98 Å². The summed E-state index contributed by atoms with van der Waals surface area (Å²) in [7, 11) is 0. The zero-order chi connectivity index (χ0) is 15.5. The van der Waals surface area contributed by atoms with Crippen LogP contribution in [0.5, 0.6) is 0 Å². The van der Waals surface area contributed by atoms with Crippen LogP contribution in [0.25, 0.3) is 0 Å². The van der Waals surface area contributed by atoms with Crippen molar-refractivity contribution in [1.82, 2.24) is 4.98 Å². The second-order valence-electron chi connectivity index (χ2n) is 4.00. The van der Waals surface area contributed by atoms with Gasteiger partial charge >= 0.3 is 0 Å². The van der Waals surface area contributed by atoms with Crippen LogP contribution in [0.15, 0.2) is 78.5 Å². The van der Waals surface area contributed by atoms with Gasteiger partial charge in [-0.3, -0.25) is 4.98 Å². The van der Waals surface area contributed by atoms with Gasteiger partial charge in [0.1, 0.15) is 5.83 Å². The van der Waals surface area contributed by atoms with Gasteiger partial charge in [0.05, 0.1) is 5.83 Å². The van der Waals surface area contributed by atoms with Crippen molar-refractivity contribution in [2.75, 3.05) is 0 Å². The van der Waals surface area contributed by atoms with E-state index in [9.17, 15) is 17.6 Å². The van der Waals surface area contributed by atoms with Crippen molar-refractivity contribution in [2.24, 2.45) is 0 Å². The van der Waals surface area contributed by atoms with E-state index in [1.54, 1.807) is 24.5 Å². The van der Waals surface area contributed by atoms with Crippen LogP contribution in [-0.2, 0) is 25.8 Å². The molecular weight excluding hydrogens is 532 g/mol. The molecule has 0 aliphatic heterocycles. The zero-order valence-electron chi connectivity index (χ0n) is 12.4. The number of rotatable bonds is 0. The van der Waals surface area contributed by atoms with Crippen molar-refractivity contribution in [3.8, 4) is 0 Å². The van der Waals surface area contributed by atoms with E-state index >= 15 is 0 Å². The number of hydrogen-bond acceptors (Lipinski definition) is 1. The normalized spacial score (nSPS) is 13.8. The van der Waals surface area contributed by atoms with Crippen LogP contribution in [-0.4, -0.2) is 4.98 Å². The van der Waals surface area contributed by atoms with Gasteiger partial charge in [-0.1, -0.05) is 18.2 Å². The van der Waals surface area contributed by atoms with Crippen LogP contribution in [0.2, 0.25) is 0 Å². The Morgan fingerprint density at radius 1 is 0.958 bits per heavy atom. The van der Waals surface area contributed by atoms with Crippen LogP contribution in [0.3, 0.4) is 0 Å². The molecule has 0 unspecified atom stereocenters. The molecular formula is C16H14Cl2F4HfN-3. The number of allylic oxidation sites excluding steroid dienone is 8. The zero-order valence-corrected chi connectivity index (χ0v) is 17.5. The Hall–Kier alpha value is -0.850. The molecule has 2 aliphatic carbocycles. The molecule has 2 aliphatic rings. The van der Waals surface area contributed by atoms with E-state index in [0.717, 1.165) is 6.42 Å². The molecule has 0 atom stereocenters. The van der Waals surface area contributed by atoms with Crippen molar-refractivity contribution in [3.05, 3.63) is 84.6 Å². The quantitative estimate of drug-likeness (QED) is 0.243. The molecule has 0 radical (unpaired) electrons. The predicted molar refractivity (Wildman–Crippen MR) is 74.5 cm³/mol. The molecule has 3 rings (SSSR count). The van der Waals surface area contributed by atoms with E-state index in [4.69, 9.17) is 0 Å². The minimum absolute atomic E-state index is 0. The maximum Gasteiger partial charge on any atom is 0.119 e. The second kappa shape index (κ2) is 17.0. The van der Waals surface area contributed by atoms with E-state index in [-0.39, 0.29) is 56.5 Å². The monoisotopic (exact) mass is 546 g/mol. The van der Waals surface area contributed by atoms with Gasteiger partial charge in [-0.25, -0.2) is 8.78 Å². The first-order chi connectivity index (χ1) is 10.1. The van der Waals surface area contributed by atoms with Crippen molar-refractivity contribution >= 4 is 0 Å². The van der Waals surface area contributed by atoms with Gasteiger partial charge in [0.25, 0.3) is 0 Å². The third-order valence-electron chi connectivity index (χ3n) is 2.22. The van der Waals surface area contributed by atoms with Crippen LogP contribution < -0.4 is 24.8 Å². The molecule has 0 spiro atoms. The van der Waals surface area contributed by atoms with Crippen LogP contribution in [0.1, 0.15) is 12.8 Å². The molecule has 1 aromatic rings. The third kappa shape index (κ3) is 14.7. The average molecular weight is 546 g/mol. The Bertz CT molecular complexity index is 519. The molecule has 1 aromatic heterocycles. The second-order valence-corrected chi connectivity index (χ2v) is 4.00. The Labute approximate surface area is 170 Å². The first-order valence-electron chi connectivity index (χ1n) is 6.19. The predicted octanol–water partition coefficient (Wildman–Crippen LogP) is -0.515. The van der Waals surface area contributed by atoms with Crippen LogP contribution in [0.4, 0.5) is 17.6 Å². The Morgan fingerprint density at radius 3 is 1.83 bits per heavy atom. The fraction of sp³-hybridized carbons (Fsp3) is 0.125. The number of aromatic nitrogens is 1. The van der Waals surface area contributed by atoms with Gasteiger partial charge in [0.15, 0.2) is 0 Å². The molecule has 0 aromatic carbocycles. The molecule has 0 saturated carbocycles. The van der Waals surface area contributed by atoms with Crippen molar-refractivity contribution in [1.29, 1.82) is 0 Å². The van der Waals surface area contributed by atoms with Gasteiger partial charge in [-0.05, 0) is 49.1 Å². The summed E-state index contributed by atoms with van der Waals surface area (Å²) in [6.45, 7) is 0. The summed E-state index contributed by atoms with van der Waals surface area (Å²) in [5, 5.41) is 0. The molecule has 0 saturated heterocycles. The summed E-state index contributed by atoms with van der Waals surface area (Å²) in [4.78, 5) is 3.78. The average Bonchev–Trinajstić information content (AvgIpc) is 2.92. The maximum absolute atomic E-state index is 12.0. The smallest absolute Gasteiger partial charge is 0.119 e. The van der Waals surface area contributed by atoms with Crippen LogP contribution >= 0.6 is 0 Å². The van der Waals surface area contributed by atoms with Gasteiger partial charge < -0.3 is 33.6 Å². The fourth-order valence-electron chi connectivity index (χ4n) is 1.35. The van der Waals surface area contributed by atoms with Crippen molar-refractivity contribution < 1.29 is 68.2 Å². The number of halogens is 6. The van der Waals surface area contributed by atoms with Gasteiger partial charge in [-0.15, -0.1) is 0 Å². The summed E-state index contributed by atoms with van der Waals surface area (Å²) in [5.41, 5.74) is 0. The molecule has 0 amide bonds. The van der Waals surface area contributed by atoms with Gasteiger partial charge in [-0.2, -0.15) is 6.08 Å². The minimum Gasteiger partial charge on any atom is -1.00 e. The van der Waals surface area contributed by atoms with Crippen LogP contribution in [0, 0.1) is 6.17 Å². The number of pyridine rings is 1. The summed E-state index contributed by atoms with van der Waals surface area (Å²) >= 11 is 0. The standard InChI is InChI=1S/C6H4F3.C5H5F.C5H5N.2ClH.Hf/c7-4-1-5(8)3-6(9)2-4;6-5-3-1-2-4-5;1-2-4-6-5-3-1;;;/h1-2H,3H2;1,3-4H,2H2;1-5H;2*1H;/q-1;;;;;/p-2. The largest absolute Gasteiger partial charge is 1.00 e. The molecule has 0 bridgehead atoms. The third-order valence-corrected chi connectivity index (χ3v) is 2.22. The minimum atomic E-state index is -0.865. The molecule has 1 nitrogen and oxygen atoms in total. The Balaban J connectivity index is -0.000000266. The number of nitrogens with zero attached hydrogens (tertiary/aromatic N) is 1. The Kier molecular flexibility index (Phi) is 19.8. The molecule has 0 fully saturated rings. The Morgan fingerprint density at radius 2 is 1.58 bits per heavy atom.